The van der Waals surface area contributed by atoms with Gasteiger partial charge in [0.1, 0.15) is 5.52 Å². The van der Waals surface area contributed by atoms with Crippen LogP contribution in [0.5, 0.6) is 0 Å². The van der Waals surface area contributed by atoms with Crippen LogP contribution in [0.15, 0.2) is 18.2 Å². The molecule has 0 saturated heterocycles. The summed E-state index contributed by atoms with van der Waals surface area (Å²) in [5.74, 6) is 0.0452. The van der Waals surface area contributed by atoms with E-state index in [-0.39, 0.29) is 16.8 Å². The van der Waals surface area contributed by atoms with Gasteiger partial charge in [-0.15, -0.1) is 0 Å². The van der Waals surface area contributed by atoms with Crippen molar-refractivity contribution >= 4 is 17.0 Å². The SMILES string of the molecule is CC(C)(C)CC(C)(C)n1c(N)nc2c(F)cccc21. The Kier molecular flexibility index (Phi) is 3.07. The van der Waals surface area contributed by atoms with E-state index in [1.807, 2.05) is 10.6 Å². The van der Waals surface area contributed by atoms with Crippen molar-refractivity contribution in [3.8, 4) is 0 Å². The van der Waals surface area contributed by atoms with Crippen LogP contribution in [0.1, 0.15) is 41.0 Å². The fourth-order valence-corrected chi connectivity index (χ4v) is 3.10. The Morgan fingerprint density at radius 1 is 1.21 bits per heavy atom. The minimum Gasteiger partial charge on any atom is -0.369 e. The fourth-order valence-electron chi connectivity index (χ4n) is 3.10. The minimum atomic E-state index is -0.325. The molecule has 104 valence electrons. The van der Waals surface area contributed by atoms with Crippen molar-refractivity contribution in [3.05, 3.63) is 24.0 Å². The molecule has 4 heteroatoms. The molecule has 1 aromatic heterocycles. The molecular weight excluding hydrogens is 241 g/mol. The average molecular weight is 263 g/mol. The number of aromatic nitrogens is 2. The van der Waals surface area contributed by atoms with Gasteiger partial charge in [-0.25, -0.2) is 9.37 Å². The number of rotatable bonds is 2. The van der Waals surface area contributed by atoms with Crippen molar-refractivity contribution in [2.45, 2.75) is 46.6 Å². The van der Waals surface area contributed by atoms with Crippen molar-refractivity contribution in [1.82, 2.24) is 9.55 Å². The number of benzene rings is 1. The van der Waals surface area contributed by atoms with Crippen molar-refractivity contribution in [2.75, 3.05) is 5.73 Å². The quantitative estimate of drug-likeness (QED) is 0.892. The third kappa shape index (κ3) is 2.57. The van der Waals surface area contributed by atoms with E-state index in [1.165, 1.54) is 6.07 Å². The molecule has 0 radical (unpaired) electrons. The van der Waals surface area contributed by atoms with Crippen LogP contribution in [0, 0.1) is 11.2 Å². The first kappa shape index (κ1) is 13.8. The minimum absolute atomic E-state index is 0.153. The molecule has 0 bridgehead atoms. The molecule has 1 heterocycles. The molecular formula is C15H22FN3. The molecule has 0 atom stereocenters. The van der Waals surface area contributed by atoms with Crippen molar-refractivity contribution < 1.29 is 4.39 Å². The highest BCUT2D eigenvalue weighted by Crippen LogP contribution is 2.36. The van der Waals surface area contributed by atoms with Gasteiger partial charge in [0.15, 0.2) is 5.82 Å². The van der Waals surface area contributed by atoms with Crippen LogP contribution in [0.25, 0.3) is 11.0 Å². The third-order valence-electron chi connectivity index (χ3n) is 3.23. The molecule has 0 fully saturated rings. The molecule has 0 aliphatic heterocycles. The zero-order chi connectivity index (χ0) is 14.4. The fraction of sp³-hybridized carbons (Fsp3) is 0.533. The molecule has 0 aliphatic carbocycles. The molecule has 2 rings (SSSR count). The summed E-state index contributed by atoms with van der Waals surface area (Å²) in [6, 6.07) is 4.98. The van der Waals surface area contributed by atoms with Gasteiger partial charge in [-0.05, 0) is 37.8 Å². The van der Waals surface area contributed by atoms with E-state index in [2.05, 4.69) is 39.6 Å². The first-order valence-electron chi connectivity index (χ1n) is 6.55. The summed E-state index contributed by atoms with van der Waals surface area (Å²) in [6.45, 7) is 10.8. The summed E-state index contributed by atoms with van der Waals surface area (Å²) in [7, 11) is 0. The Morgan fingerprint density at radius 3 is 2.42 bits per heavy atom. The predicted molar refractivity (Wildman–Crippen MR) is 77.5 cm³/mol. The largest absolute Gasteiger partial charge is 0.369 e. The molecule has 0 saturated carbocycles. The van der Waals surface area contributed by atoms with E-state index in [4.69, 9.17) is 5.73 Å². The van der Waals surface area contributed by atoms with Crippen LogP contribution in [0.4, 0.5) is 10.3 Å². The first-order valence-corrected chi connectivity index (χ1v) is 6.55. The lowest BCUT2D eigenvalue weighted by atomic mass is 9.81. The summed E-state index contributed by atoms with van der Waals surface area (Å²) in [5, 5.41) is 0. The van der Waals surface area contributed by atoms with Crippen molar-refractivity contribution in [1.29, 1.82) is 0 Å². The van der Waals surface area contributed by atoms with Gasteiger partial charge in [-0.2, -0.15) is 0 Å². The Balaban J connectivity index is 2.62. The zero-order valence-corrected chi connectivity index (χ0v) is 12.3. The maximum atomic E-state index is 13.8. The number of para-hydroxylation sites is 1. The average Bonchev–Trinajstić information content (AvgIpc) is 2.52. The smallest absolute Gasteiger partial charge is 0.201 e. The molecule has 0 spiro atoms. The van der Waals surface area contributed by atoms with Gasteiger partial charge >= 0.3 is 0 Å². The van der Waals surface area contributed by atoms with Crippen molar-refractivity contribution in [3.63, 3.8) is 0 Å². The number of nitrogens with two attached hydrogens (primary N) is 1. The second-order valence-electron chi connectivity index (χ2n) is 6.96. The van der Waals surface area contributed by atoms with Gasteiger partial charge in [-0.1, -0.05) is 26.8 Å². The number of nitrogen functional groups attached to an aromatic ring is 1. The Hall–Kier alpha value is -1.58. The normalized spacial score (nSPS) is 13.2. The number of hydrogen-bond acceptors (Lipinski definition) is 2. The summed E-state index contributed by atoms with van der Waals surface area (Å²) in [6.07, 6.45) is 0.923. The van der Waals surface area contributed by atoms with Gasteiger partial charge in [-0.3, -0.25) is 0 Å². The van der Waals surface area contributed by atoms with E-state index in [9.17, 15) is 4.39 Å². The number of anilines is 1. The number of hydrogen-bond donors (Lipinski definition) is 1. The lowest BCUT2D eigenvalue weighted by molar-refractivity contribution is 0.222. The maximum Gasteiger partial charge on any atom is 0.201 e. The van der Waals surface area contributed by atoms with Crippen LogP contribution < -0.4 is 5.73 Å². The van der Waals surface area contributed by atoms with Gasteiger partial charge in [0.25, 0.3) is 0 Å². The van der Waals surface area contributed by atoms with Gasteiger partial charge in [0.05, 0.1) is 5.52 Å². The Labute approximate surface area is 113 Å². The van der Waals surface area contributed by atoms with Crippen LogP contribution in [-0.2, 0) is 5.54 Å². The number of fused-ring (bicyclic) bond motifs is 1. The highest BCUT2D eigenvalue weighted by molar-refractivity contribution is 5.79. The monoisotopic (exact) mass is 263 g/mol. The van der Waals surface area contributed by atoms with Crippen LogP contribution in [0.3, 0.4) is 0 Å². The summed E-state index contributed by atoms with van der Waals surface area (Å²) in [5.41, 5.74) is 7.05. The molecule has 2 N–H and O–H groups in total. The number of imidazole rings is 1. The molecule has 2 aromatic rings. The molecule has 0 unspecified atom stereocenters. The van der Waals surface area contributed by atoms with Crippen LogP contribution in [-0.4, -0.2) is 9.55 Å². The Bertz CT molecular complexity index is 606. The highest BCUT2D eigenvalue weighted by atomic mass is 19.1. The summed E-state index contributed by atoms with van der Waals surface area (Å²) < 4.78 is 15.7. The van der Waals surface area contributed by atoms with E-state index < -0.39 is 0 Å². The second-order valence-corrected chi connectivity index (χ2v) is 6.96. The predicted octanol–water partition coefficient (Wildman–Crippen LogP) is 3.93. The zero-order valence-electron chi connectivity index (χ0n) is 12.3. The summed E-state index contributed by atoms with van der Waals surface area (Å²) in [4.78, 5) is 4.17. The first-order chi connectivity index (χ1) is 8.62. The third-order valence-corrected chi connectivity index (χ3v) is 3.23. The van der Waals surface area contributed by atoms with E-state index in [0.29, 0.717) is 11.5 Å². The lowest BCUT2D eigenvalue weighted by Gasteiger charge is -2.34. The maximum absolute atomic E-state index is 13.8. The van der Waals surface area contributed by atoms with Crippen molar-refractivity contribution in [2.24, 2.45) is 5.41 Å². The highest BCUT2D eigenvalue weighted by Gasteiger charge is 2.30. The molecule has 0 aliphatic rings. The molecule has 3 nitrogen and oxygen atoms in total. The molecule has 19 heavy (non-hydrogen) atoms. The summed E-state index contributed by atoms with van der Waals surface area (Å²) >= 11 is 0. The van der Waals surface area contributed by atoms with E-state index in [1.54, 1.807) is 6.07 Å². The van der Waals surface area contributed by atoms with Crippen LogP contribution >= 0.6 is 0 Å². The van der Waals surface area contributed by atoms with Gasteiger partial charge in [0, 0.05) is 5.54 Å². The number of nitrogens with zero attached hydrogens (tertiary/aromatic N) is 2. The van der Waals surface area contributed by atoms with E-state index >= 15 is 0 Å². The van der Waals surface area contributed by atoms with Crippen LogP contribution in [0.2, 0.25) is 0 Å². The number of halogens is 1. The molecule has 0 amide bonds. The second kappa shape index (κ2) is 4.22. The molecule has 1 aromatic carbocycles. The van der Waals surface area contributed by atoms with E-state index in [0.717, 1.165) is 11.9 Å². The van der Waals surface area contributed by atoms with Gasteiger partial charge in [0.2, 0.25) is 5.95 Å². The Morgan fingerprint density at radius 2 is 1.84 bits per heavy atom. The topological polar surface area (TPSA) is 43.8 Å². The standard InChI is InChI=1S/C15H22FN3/c1-14(2,3)9-15(4,5)19-11-8-6-7-10(16)12(11)18-13(19)17/h6-8H,9H2,1-5H3,(H2,17,18). The van der Waals surface area contributed by atoms with Gasteiger partial charge < -0.3 is 10.3 Å². The lowest BCUT2D eigenvalue weighted by Crippen LogP contribution is -2.32.